The van der Waals surface area contributed by atoms with Crippen LogP contribution in [0.2, 0.25) is 0 Å². The van der Waals surface area contributed by atoms with E-state index in [-0.39, 0.29) is 35.6 Å². The third-order valence-electron chi connectivity index (χ3n) is 5.77. The van der Waals surface area contributed by atoms with E-state index in [0.29, 0.717) is 35.5 Å². The maximum absolute atomic E-state index is 14.0. The van der Waals surface area contributed by atoms with Crippen LogP contribution < -0.4 is 5.14 Å². The second kappa shape index (κ2) is 9.72. The van der Waals surface area contributed by atoms with Gasteiger partial charge in [0.15, 0.2) is 0 Å². The second-order valence-corrected chi connectivity index (χ2v) is 10.9. The molecular formula is C24H21F2N3O3S2. The lowest BCUT2D eigenvalue weighted by Gasteiger charge is -2.27. The first-order valence-corrected chi connectivity index (χ1v) is 12.8. The molecule has 3 aromatic rings. The molecule has 0 atom stereocenters. The van der Waals surface area contributed by atoms with Crippen LogP contribution in [0.25, 0.3) is 0 Å². The lowest BCUT2D eigenvalue weighted by atomic mass is 9.99. The molecular weight excluding hydrogens is 480 g/mol. The quantitative estimate of drug-likeness (QED) is 0.534. The Kier molecular flexibility index (Phi) is 6.91. The van der Waals surface area contributed by atoms with Crippen LogP contribution in [0.15, 0.2) is 47.4 Å². The molecule has 10 heteroatoms. The molecule has 0 saturated heterocycles. The number of sulfonamides is 1. The van der Waals surface area contributed by atoms with Gasteiger partial charge in [-0.05, 0) is 41.8 Å². The molecule has 0 amide bonds. The Hall–Kier alpha value is -2.97. The standard InChI is InChI=1S/C24H21F2N3O3S2/c25-21-2-1-3-22(26)20(21)13-29-9-8-18-19(12-27)23(33-24(18)14-29)11-16(30)10-15-4-6-17(7-5-15)34(28,31)32/h1-7H,8-11,13-14H2,(H2,28,31,32). The number of nitriles is 1. The highest BCUT2D eigenvalue weighted by Crippen LogP contribution is 2.34. The Balaban J connectivity index is 1.46. The third kappa shape index (κ3) is 5.23. The highest BCUT2D eigenvalue weighted by molar-refractivity contribution is 7.89. The predicted octanol–water partition coefficient (Wildman–Crippen LogP) is 3.46. The molecule has 0 saturated carbocycles. The lowest BCUT2D eigenvalue weighted by molar-refractivity contribution is -0.117. The summed E-state index contributed by atoms with van der Waals surface area (Å²) in [4.78, 5) is 16.2. The number of benzene rings is 2. The molecule has 6 nitrogen and oxygen atoms in total. The zero-order valence-corrected chi connectivity index (χ0v) is 19.7. The van der Waals surface area contributed by atoms with Crippen LogP contribution in [0.4, 0.5) is 8.78 Å². The van der Waals surface area contributed by atoms with Crippen molar-refractivity contribution >= 4 is 27.1 Å². The van der Waals surface area contributed by atoms with Gasteiger partial charge in [-0.2, -0.15) is 5.26 Å². The number of carbonyl (C=O) groups excluding carboxylic acids is 1. The SMILES string of the molecule is N#Cc1c(CC(=O)Cc2ccc(S(N)(=O)=O)cc2)sc2c1CCN(Cc1c(F)cccc1F)C2. The van der Waals surface area contributed by atoms with Crippen molar-refractivity contribution in [2.45, 2.75) is 37.2 Å². The number of hydrogen-bond acceptors (Lipinski definition) is 6. The van der Waals surface area contributed by atoms with E-state index in [4.69, 9.17) is 5.14 Å². The Morgan fingerprint density at radius 2 is 1.79 bits per heavy atom. The molecule has 0 unspecified atom stereocenters. The molecule has 2 heterocycles. The van der Waals surface area contributed by atoms with Gasteiger partial charge in [0.1, 0.15) is 23.5 Å². The van der Waals surface area contributed by atoms with Gasteiger partial charge in [-0.25, -0.2) is 22.3 Å². The molecule has 0 bridgehead atoms. The third-order valence-corrected chi connectivity index (χ3v) is 7.92. The minimum absolute atomic E-state index is 0.0202. The van der Waals surface area contributed by atoms with Crippen LogP contribution in [-0.2, 0) is 47.2 Å². The first kappa shape index (κ1) is 24.2. The molecule has 1 aliphatic heterocycles. The Labute approximate surface area is 200 Å². The second-order valence-electron chi connectivity index (χ2n) is 8.16. The number of fused-ring (bicyclic) bond motifs is 1. The number of Topliss-reactive ketones (excluding diaryl/α,β-unsaturated/α-hetero) is 1. The molecule has 0 spiro atoms. The number of nitrogens with two attached hydrogens (primary N) is 1. The van der Waals surface area contributed by atoms with Crippen molar-refractivity contribution in [2.24, 2.45) is 5.14 Å². The van der Waals surface area contributed by atoms with Crippen LogP contribution >= 0.6 is 11.3 Å². The van der Waals surface area contributed by atoms with E-state index in [0.717, 1.165) is 10.4 Å². The first-order chi connectivity index (χ1) is 16.2. The largest absolute Gasteiger partial charge is 0.299 e. The van der Waals surface area contributed by atoms with Gasteiger partial charge in [-0.1, -0.05) is 18.2 Å². The van der Waals surface area contributed by atoms with Crippen LogP contribution in [0.3, 0.4) is 0 Å². The van der Waals surface area contributed by atoms with E-state index in [1.807, 2.05) is 4.90 Å². The van der Waals surface area contributed by atoms with Gasteiger partial charge in [-0.15, -0.1) is 11.3 Å². The van der Waals surface area contributed by atoms with Gasteiger partial charge in [0.05, 0.1) is 10.5 Å². The van der Waals surface area contributed by atoms with E-state index < -0.39 is 21.7 Å². The number of ketones is 1. The first-order valence-electron chi connectivity index (χ1n) is 10.5. The maximum Gasteiger partial charge on any atom is 0.238 e. The summed E-state index contributed by atoms with van der Waals surface area (Å²) >= 11 is 1.39. The van der Waals surface area contributed by atoms with Crippen molar-refractivity contribution < 1.29 is 22.0 Å². The summed E-state index contributed by atoms with van der Waals surface area (Å²) in [7, 11) is -3.80. The highest BCUT2D eigenvalue weighted by atomic mass is 32.2. The topological polar surface area (TPSA) is 104 Å². The fourth-order valence-electron chi connectivity index (χ4n) is 4.08. The number of primary sulfonamides is 1. The normalized spacial score (nSPS) is 13.9. The molecule has 1 aliphatic rings. The van der Waals surface area contributed by atoms with Crippen molar-refractivity contribution in [2.75, 3.05) is 6.54 Å². The van der Waals surface area contributed by atoms with E-state index in [1.54, 1.807) is 12.1 Å². The van der Waals surface area contributed by atoms with Crippen LogP contribution in [0.5, 0.6) is 0 Å². The molecule has 2 N–H and O–H groups in total. The van der Waals surface area contributed by atoms with Crippen molar-refractivity contribution in [3.63, 3.8) is 0 Å². The number of rotatable bonds is 7. The van der Waals surface area contributed by atoms with Gasteiger partial charge >= 0.3 is 0 Å². The van der Waals surface area contributed by atoms with Gasteiger partial charge in [-0.3, -0.25) is 9.69 Å². The number of halogens is 2. The smallest absolute Gasteiger partial charge is 0.238 e. The zero-order valence-electron chi connectivity index (χ0n) is 18.1. The molecule has 34 heavy (non-hydrogen) atoms. The summed E-state index contributed by atoms with van der Waals surface area (Å²) in [6.07, 6.45) is 0.741. The van der Waals surface area contributed by atoms with Gasteiger partial charge in [0.25, 0.3) is 0 Å². The van der Waals surface area contributed by atoms with Crippen molar-refractivity contribution in [1.82, 2.24) is 4.90 Å². The maximum atomic E-state index is 14.0. The number of hydrogen-bond donors (Lipinski definition) is 1. The van der Waals surface area contributed by atoms with E-state index >= 15 is 0 Å². The van der Waals surface area contributed by atoms with Crippen molar-refractivity contribution in [3.05, 3.63) is 86.1 Å². The van der Waals surface area contributed by atoms with Gasteiger partial charge in [0, 0.05) is 47.8 Å². The Morgan fingerprint density at radius 3 is 2.41 bits per heavy atom. The lowest BCUT2D eigenvalue weighted by Crippen LogP contribution is -2.30. The summed E-state index contributed by atoms with van der Waals surface area (Å²) in [6.45, 7) is 1.13. The number of carbonyl (C=O) groups is 1. The Morgan fingerprint density at radius 1 is 1.12 bits per heavy atom. The summed E-state index contributed by atoms with van der Waals surface area (Å²) in [5.41, 5.74) is 2.08. The van der Waals surface area contributed by atoms with Gasteiger partial charge < -0.3 is 0 Å². The highest BCUT2D eigenvalue weighted by Gasteiger charge is 2.26. The van der Waals surface area contributed by atoms with Crippen LogP contribution in [0, 0.1) is 23.0 Å². The molecule has 0 aliphatic carbocycles. The number of thiophene rings is 1. The Bertz CT molecular complexity index is 1370. The number of nitrogens with zero attached hydrogens (tertiary/aromatic N) is 2. The molecule has 4 rings (SSSR count). The molecule has 2 aromatic carbocycles. The van der Waals surface area contributed by atoms with Crippen molar-refractivity contribution in [1.29, 1.82) is 5.26 Å². The molecule has 176 valence electrons. The summed E-state index contributed by atoms with van der Waals surface area (Å²) in [5.74, 6) is -1.28. The molecule has 0 radical (unpaired) electrons. The predicted molar refractivity (Wildman–Crippen MR) is 123 cm³/mol. The summed E-state index contributed by atoms with van der Waals surface area (Å²) < 4.78 is 50.8. The van der Waals surface area contributed by atoms with E-state index in [2.05, 4.69) is 6.07 Å². The monoisotopic (exact) mass is 501 g/mol. The fourth-order valence-corrected chi connectivity index (χ4v) is 5.97. The average molecular weight is 502 g/mol. The minimum atomic E-state index is -3.80. The molecule has 1 aromatic heterocycles. The van der Waals surface area contributed by atoms with E-state index in [1.165, 1.54) is 41.7 Å². The molecule has 0 fully saturated rings. The average Bonchev–Trinajstić information content (AvgIpc) is 3.12. The van der Waals surface area contributed by atoms with Crippen LogP contribution in [0.1, 0.15) is 32.0 Å². The summed E-state index contributed by atoms with van der Waals surface area (Å²) in [6, 6.07) is 11.8. The van der Waals surface area contributed by atoms with Crippen molar-refractivity contribution in [3.8, 4) is 6.07 Å². The summed E-state index contributed by atoms with van der Waals surface area (Å²) in [5, 5.41) is 14.8. The minimum Gasteiger partial charge on any atom is -0.299 e. The van der Waals surface area contributed by atoms with Gasteiger partial charge in [0.2, 0.25) is 10.0 Å². The zero-order chi connectivity index (χ0) is 24.5. The fraction of sp³-hybridized carbons (Fsp3) is 0.250. The van der Waals surface area contributed by atoms with Crippen LogP contribution in [-0.4, -0.2) is 25.6 Å². The van der Waals surface area contributed by atoms with E-state index in [9.17, 15) is 27.3 Å².